The minimum absolute atomic E-state index is 0. The van der Waals surface area contributed by atoms with E-state index in [1.54, 1.807) is 27.7 Å². The van der Waals surface area contributed by atoms with Crippen molar-refractivity contribution < 1.29 is 61.9 Å². The Labute approximate surface area is 227 Å². The van der Waals surface area contributed by atoms with Crippen molar-refractivity contribution in [2.24, 2.45) is 0 Å². The van der Waals surface area contributed by atoms with Crippen molar-refractivity contribution in [3.8, 4) is 0 Å². The van der Waals surface area contributed by atoms with Gasteiger partial charge in [-0.05, 0) is 25.7 Å². The molecule has 0 aromatic carbocycles. The van der Waals surface area contributed by atoms with E-state index >= 15 is 0 Å². The molecular formula is C26H48O8Ti. The number of hydrogen-bond donors (Lipinski definition) is 2. The summed E-state index contributed by atoms with van der Waals surface area (Å²) in [4.78, 5) is 21.4. The molecule has 2 fully saturated rings. The summed E-state index contributed by atoms with van der Waals surface area (Å²) in [6.07, 6.45) is 12.5. The van der Waals surface area contributed by atoms with Crippen molar-refractivity contribution in [2.75, 3.05) is 0 Å². The Morgan fingerprint density at radius 1 is 0.543 bits per heavy atom. The van der Waals surface area contributed by atoms with Gasteiger partial charge in [0.2, 0.25) is 0 Å². The van der Waals surface area contributed by atoms with Gasteiger partial charge < -0.3 is 40.2 Å². The summed E-state index contributed by atoms with van der Waals surface area (Å²) in [6, 6.07) is 0. The molecule has 0 unspecified atom stereocenters. The molecule has 9 heteroatoms. The van der Waals surface area contributed by atoms with Crippen molar-refractivity contribution in [3.05, 3.63) is 0 Å². The van der Waals surface area contributed by atoms with Crippen molar-refractivity contribution in [3.63, 3.8) is 0 Å². The van der Waals surface area contributed by atoms with E-state index in [1.807, 2.05) is 0 Å². The SMILES string of the molecule is CC(C)[O-].CC(C)[O-].O=C([O-])C1(O)CCCCCCCC1.O=C([O-])C1(O)CCCCCCCC1.[Ti+4]. The molecule has 0 heterocycles. The summed E-state index contributed by atoms with van der Waals surface area (Å²) < 4.78 is 0. The summed E-state index contributed by atoms with van der Waals surface area (Å²) in [6.45, 7) is 6.44. The first kappa shape index (κ1) is 39.0. The van der Waals surface area contributed by atoms with Crippen LogP contribution >= 0.6 is 0 Å². The Kier molecular flexibility index (Phi) is 25.3. The maximum Gasteiger partial charge on any atom is 4.00 e. The average Bonchev–Trinajstić information content (AvgIpc) is 2.89. The predicted molar refractivity (Wildman–Crippen MR) is 124 cm³/mol. The minimum Gasteiger partial charge on any atom is -0.852 e. The van der Waals surface area contributed by atoms with Crippen LogP contribution in [-0.4, -0.2) is 45.6 Å². The molecular weight excluding hydrogens is 488 g/mol. The van der Waals surface area contributed by atoms with Gasteiger partial charge in [0.05, 0.1) is 11.9 Å². The summed E-state index contributed by atoms with van der Waals surface area (Å²) >= 11 is 0. The molecule has 2 saturated carbocycles. The summed E-state index contributed by atoms with van der Waals surface area (Å²) in [7, 11) is 0. The maximum absolute atomic E-state index is 10.7. The topological polar surface area (TPSA) is 167 Å². The van der Waals surface area contributed by atoms with Crippen LogP contribution in [0.25, 0.3) is 0 Å². The summed E-state index contributed by atoms with van der Waals surface area (Å²) in [5.74, 6) is -2.59. The number of carboxylic acids is 2. The van der Waals surface area contributed by atoms with Gasteiger partial charge in [-0.2, -0.15) is 0 Å². The molecule has 0 bridgehead atoms. The number of carboxylic acid groups (broad SMARTS) is 2. The standard InChI is InChI=1S/2C10H18O3.2C3H7O.Ti/c2*11-9(12)10(13)7-5-3-1-2-4-6-8-10;2*1-3(2)4;/h2*13H,1-8H2,(H,11,12);2*3H,1-2H3;/q;;2*-1;+4/p-2. The van der Waals surface area contributed by atoms with E-state index < -0.39 is 35.3 Å². The van der Waals surface area contributed by atoms with Gasteiger partial charge in [-0.3, -0.25) is 0 Å². The number of hydrogen-bond acceptors (Lipinski definition) is 8. The zero-order valence-corrected chi connectivity index (χ0v) is 23.9. The van der Waals surface area contributed by atoms with Gasteiger partial charge in [0.15, 0.2) is 0 Å². The molecule has 0 atom stereocenters. The predicted octanol–water partition coefficient (Wildman–Crippen LogP) is 0.711. The summed E-state index contributed by atoms with van der Waals surface area (Å²) in [5, 5.41) is 59.9. The number of aliphatic carboxylic acids is 2. The fourth-order valence-electron chi connectivity index (χ4n) is 3.74. The third kappa shape index (κ3) is 23.6. The second kappa shape index (κ2) is 22.7. The van der Waals surface area contributed by atoms with Gasteiger partial charge in [0, 0.05) is 0 Å². The largest absolute Gasteiger partial charge is 4.00 e. The molecule has 35 heavy (non-hydrogen) atoms. The third-order valence-corrected chi connectivity index (χ3v) is 5.62. The van der Waals surface area contributed by atoms with Crippen LogP contribution in [-0.2, 0) is 31.3 Å². The molecule has 2 aliphatic carbocycles. The number of aliphatic hydroxyl groups is 2. The van der Waals surface area contributed by atoms with Crippen molar-refractivity contribution in [2.45, 2.75) is 154 Å². The van der Waals surface area contributed by atoms with Gasteiger partial charge in [0.1, 0.15) is 11.2 Å². The molecule has 0 amide bonds. The molecule has 2 aliphatic rings. The molecule has 2 rings (SSSR count). The number of rotatable bonds is 2. The van der Waals surface area contributed by atoms with Crippen molar-refractivity contribution in [1.82, 2.24) is 0 Å². The third-order valence-electron chi connectivity index (χ3n) is 5.62. The maximum atomic E-state index is 10.7. The Morgan fingerprint density at radius 3 is 0.829 bits per heavy atom. The Hall–Kier alpha value is -0.506. The van der Waals surface area contributed by atoms with E-state index in [4.69, 9.17) is 0 Å². The smallest absolute Gasteiger partial charge is 0.852 e. The molecule has 0 aliphatic heterocycles. The molecule has 0 spiro atoms. The van der Waals surface area contributed by atoms with Crippen LogP contribution in [0.3, 0.4) is 0 Å². The van der Waals surface area contributed by atoms with Crippen LogP contribution in [0.2, 0.25) is 0 Å². The van der Waals surface area contributed by atoms with E-state index in [9.17, 15) is 40.2 Å². The number of carbonyl (C=O) groups excluding carboxylic acids is 2. The average molecular weight is 537 g/mol. The Morgan fingerprint density at radius 2 is 0.686 bits per heavy atom. The van der Waals surface area contributed by atoms with Gasteiger partial charge in [-0.25, -0.2) is 0 Å². The molecule has 0 aromatic rings. The van der Waals surface area contributed by atoms with Gasteiger partial charge >= 0.3 is 21.7 Å². The second-order valence-electron chi connectivity index (χ2n) is 9.98. The van der Waals surface area contributed by atoms with Crippen LogP contribution < -0.4 is 20.4 Å². The molecule has 0 saturated heterocycles. The second-order valence-corrected chi connectivity index (χ2v) is 9.98. The first-order valence-corrected chi connectivity index (χ1v) is 13.0. The zero-order chi connectivity index (χ0) is 26.6. The van der Waals surface area contributed by atoms with Gasteiger partial charge in [-0.1, -0.05) is 105 Å². The number of carbonyl (C=O) groups is 2. The molecule has 0 radical (unpaired) electrons. The van der Waals surface area contributed by atoms with E-state index in [0.29, 0.717) is 25.7 Å². The molecule has 0 aromatic heterocycles. The van der Waals surface area contributed by atoms with Gasteiger partial charge in [-0.15, -0.1) is 12.2 Å². The van der Waals surface area contributed by atoms with E-state index in [1.165, 1.54) is 0 Å². The first-order valence-electron chi connectivity index (χ1n) is 13.0. The molecule has 2 N–H and O–H groups in total. The van der Waals surface area contributed by atoms with Crippen LogP contribution in [0, 0.1) is 0 Å². The fourth-order valence-corrected chi connectivity index (χ4v) is 3.74. The molecule has 8 nitrogen and oxygen atoms in total. The Bertz CT molecular complexity index is 454. The van der Waals surface area contributed by atoms with Crippen LogP contribution in [0.1, 0.15) is 130 Å². The van der Waals surface area contributed by atoms with Gasteiger partial charge in [0.25, 0.3) is 0 Å². The first-order chi connectivity index (χ1) is 15.8. The van der Waals surface area contributed by atoms with E-state index in [0.717, 1.165) is 77.0 Å². The Balaban J connectivity index is -0.000000440. The quantitative estimate of drug-likeness (QED) is 0.487. The fraction of sp³-hybridized carbons (Fsp3) is 0.923. The minimum atomic E-state index is -1.55. The zero-order valence-electron chi connectivity index (χ0n) is 22.3. The molecule has 204 valence electrons. The van der Waals surface area contributed by atoms with E-state index in [-0.39, 0.29) is 21.7 Å². The van der Waals surface area contributed by atoms with Crippen LogP contribution in [0.5, 0.6) is 0 Å². The summed E-state index contributed by atoms with van der Waals surface area (Å²) in [5.41, 5.74) is -3.10. The van der Waals surface area contributed by atoms with E-state index in [2.05, 4.69) is 0 Å². The van der Waals surface area contributed by atoms with Crippen LogP contribution in [0.15, 0.2) is 0 Å². The monoisotopic (exact) mass is 536 g/mol. The van der Waals surface area contributed by atoms with Crippen molar-refractivity contribution in [1.29, 1.82) is 0 Å². The normalized spacial score (nSPS) is 19.9. The van der Waals surface area contributed by atoms with Crippen molar-refractivity contribution >= 4 is 11.9 Å². The van der Waals surface area contributed by atoms with Crippen LogP contribution in [0.4, 0.5) is 0 Å².